The molecule has 3 aromatic rings. The van der Waals surface area contributed by atoms with E-state index >= 15 is 0 Å². The SMILES string of the molecule is CC12CCCCC1(C)N(c1ccccc1)c1ccc(-c3cc(Br)c(N)c(Br)c3)cc12. The van der Waals surface area contributed by atoms with Crippen LogP contribution < -0.4 is 10.6 Å². The molecule has 2 atom stereocenters. The smallest absolute Gasteiger partial charge is 0.0603 e. The molecule has 1 fully saturated rings. The molecular formula is C26H26Br2N2. The Morgan fingerprint density at radius 3 is 2.20 bits per heavy atom. The van der Waals surface area contributed by atoms with E-state index < -0.39 is 0 Å². The van der Waals surface area contributed by atoms with Gasteiger partial charge in [-0.25, -0.2) is 0 Å². The molecule has 30 heavy (non-hydrogen) atoms. The van der Waals surface area contributed by atoms with Crippen LogP contribution in [-0.4, -0.2) is 5.54 Å². The van der Waals surface area contributed by atoms with Crippen molar-refractivity contribution in [2.75, 3.05) is 10.6 Å². The van der Waals surface area contributed by atoms with Crippen LogP contribution in [0.3, 0.4) is 0 Å². The van der Waals surface area contributed by atoms with Crippen LogP contribution in [-0.2, 0) is 5.41 Å². The minimum Gasteiger partial charge on any atom is -0.397 e. The lowest BCUT2D eigenvalue weighted by atomic mass is 9.61. The van der Waals surface area contributed by atoms with E-state index in [1.165, 1.54) is 53.7 Å². The minimum atomic E-state index is 0.0792. The Hall–Kier alpha value is -1.78. The van der Waals surface area contributed by atoms with Crippen LogP contribution in [0.4, 0.5) is 17.1 Å². The number of hydrogen-bond acceptors (Lipinski definition) is 2. The number of nitrogens with zero attached hydrogens (tertiary/aromatic N) is 1. The number of nitrogen functional groups attached to an aromatic ring is 1. The molecule has 0 radical (unpaired) electrons. The second-order valence-electron chi connectivity index (χ2n) is 9.07. The summed E-state index contributed by atoms with van der Waals surface area (Å²) in [5.41, 5.74) is 13.6. The molecule has 154 valence electrons. The molecule has 0 amide bonds. The number of rotatable bonds is 2. The highest BCUT2D eigenvalue weighted by molar-refractivity contribution is 9.11. The van der Waals surface area contributed by atoms with Gasteiger partial charge in [-0.05, 0) is 105 Å². The zero-order chi connectivity index (χ0) is 21.1. The van der Waals surface area contributed by atoms with E-state index in [-0.39, 0.29) is 11.0 Å². The fourth-order valence-electron chi connectivity index (χ4n) is 5.65. The van der Waals surface area contributed by atoms with Gasteiger partial charge < -0.3 is 10.6 Å². The van der Waals surface area contributed by atoms with Crippen LogP contribution in [0.2, 0.25) is 0 Å². The third-order valence-corrected chi connectivity index (χ3v) is 8.84. The summed E-state index contributed by atoms with van der Waals surface area (Å²) in [5.74, 6) is 0. The van der Waals surface area contributed by atoms with Crippen LogP contribution in [0, 0.1) is 0 Å². The van der Waals surface area contributed by atoms with Crippen molar-refractivity contribution in [2.45, 2.75) is 50.5 Å². The number of anilines is 3. The third-order valence-electron chi connectivity index (χ3n) is 7.53. The summed E-state index contributed by atoms with van der Waals surface area (Å²) >= 11 is 7.22. The van der Waals surface area contributed by atoms with Crippen LogP contribution >= 0.6 is 31.9 Å². The molecule has 2 nitrogen and oxygen atoms in total. The maximum atomic E-state index is 6.13. The van der Waals surface area contributed by atoms with Gasteiger partial charge in [0.15, 0.2) is 0 Å². The lowest BCUT2D eigenvalue weighted by Gasteiger charge is -2.50. The summed E-state index contributed by atoms with van der Waals surface area (Å²) in [4.78, 5) is 2.61. The van der Waals surface area contributed by atoms with E-state index in [2.05, 4.69) is 111 Å². The van der Waals surface area contributed by atoms with Crippen molar-refractivity contribution in [1.82, 2.24) is 0 Å². The highest BCUT2D eigenvalue weighted by Crippen LogP contribution is 2.61. The summed E-state index contributed by atoms with van der Waals surface area (Å²) in [6.07, 6.45) is 5.01. The summed E-state index contributed by atoms with van der Waals surface area (Å²) in [6, 6.07) is 22.1. The number of halogens is 2. The Kier molecular flexibility index (Phi) is 4.79. The first kappa shape index (κ1) is 20.1. The van der Waals surface area contributed by atoms with Gasteiger partial charge in [-0.1, -0.05) is 44.0 Å². The summed E-state index contributed by atoms with van der Waals surface area (Å²) in [7, 11) is 0. The van der Waals surface area contributed by atoms with Gasteiger partial charge in [-0.2, -0.15) is 0 Å². The van der Waals surface area contributed by atoms with Crippen LogP contribution in [0.25, 0.3) is 11.1 Å². The minimum absolute atomic E-state index is 0.0792. The summed E-state index contributed by atoms with van der Waals surface area (Å²) in [5, 5.41) is 0. The number of nitrogens with two attached hydrogens (primary N) is 1. The van der Waals surface area contributed by atoms with Crippen molar-refractivity contribution in [3.05, 3.63) is 75.2 Å². The third kappa shape index (κ3) is 2.80. The quantitative estimate of drug-likeness (QED) is 0.341. The zero-order valence-corrected chi connectivity index (χ0v) is 20.6. The lowest BCUT2D eigenvalue weighted by Crippen LogP contribution is -2.54. The first-order chi connectivity index (χ1) is 14.3. The van der Waals surface area contributed by atoms with Crippen LogP contribution in [0.15, 0.2) is 69.6 Å². The predicted molar refractivity (Wildman–Crippen MR) is 134 cm³/mol. The molecule has 3 aromatic carbocycles. The van der Waals surface area contributed by atoms with Gasteiger partial charge in [0.25, 0.3) is 0 Å². The molecule has 4 heteroatoms. The number of benzene rings is 3. The first-order valence-corrected chi connectivity index (χ1v) is 12.2. The van der Waals surface area contributed by atoms with Gasteiger partial charge >= 0.3 is 0 Å². The van der Waals surface area contributed by atoms with Crippen molar-refractivity contribution < 1.29 is 0 Å². The van der Waals surface area contributed by atoms with E-state index in [0.717, 1.165) is 14.6 Å². The fraction of sp³-hybridized carbons (Fsp3) is 0.308. The van der Waals surface area contributed by atoms with Gasteiger partial charge in [0.1, 0.15) is 0 Å². The van der Waals surface area contributed by atoms with Gasteiger partial charge in [-0.15, -0.1) is 0 Å². The summed E-state index contributed by atoms with van der Waals surface area (Å²) in [6.45, 7) is 4.95. The van der Waals surface area contributed by atoms with E-state index in [1.807, 2.05) is 0 Å². The highest BCUT2D eigenvalue weighted by Gasteiger charge is 2.57. The predicted octanol–water partition coefficient (Wildman–Crippen LogP) is 8.20. The van der Waals surface area contributed by atoms with Gasteiger partial charge in [-0.3, -0.25) is 0 Å². The Labute approximate surface area is 195 Å². The molecule has 0 bridgehead atoms. The van der Waals surface area contributed by atoms with E-state index in [0.29, 0.717) is 0 Å². The number of fused-ring (bicyclic) bond motifs is 3. The lowest BCUT2D eigenvalue weighted by molar-refractivity contribution is 0.195. The van der Waals surface area contributed by atoms with Gasteiger partial charge in [0.05, 0.1) is 11.2 Å². The largest absolute Gasteiger partial charge is 0.397 e. The normalized spacial score (nSPS) is 25.1. The Bertz CT molecular complexity index is 1100. The van der Waals surface area contributed by atoms with E-state index in [1.54, 1.807) is 0 Å². The fourth-order valence-corrected chi connectivity index (χ4v) is 6.83. The number of para-hydroxylation sites is 1. The zero-order valence-electron chi connectivity index (χ0n) is 17.4. The monoisotopic (exact) mass is 524 g/mol. The highest BCUT2D eigenvalue weighted by atomic mass is 79.9. The van der Waals surface area contributed by atoms with Gasteiger partial charge in [0, 0.05) is 25.7 Å². The molecule has 2 aliphatic rings. The second kappa shape index (κ2) is 7.13. The van der Waals surface area contributed by atoms with Crippen LogP contribution in [0.5, 0.6) is 0 Å². The summed E-state index contributed by atoms with van der Waals surface area (Å²) < 4.78 is 1.85. The molecule has 2 unspecified atom stereocenters. The molecule has 1 aliphatic heterocycles. The van der Waals surface area contributed by atoms with Crippen molar-refractivity contribution in [2.24, 2.45) is 0 Å². The van der Waals surface area contributed by atoms with E-state index in [9.17, 15) is 0 Å². The molecule has 1 heterocycles. The maximum absolute atomic E-state index is 6.13. The molecule has 1 saturated carbocycles. The van der Waals surface area contributed by atoms with Gasteiger partial charge in [0.2, 0.25) is 0 Å². The first-order valence-electron chi connectivity index (χ1n) is 10.6. The van der Waals surface area contributed by atoms with Crippen LogP contribution in [0.1, 0.15) is 45.1 Å². The van der Waals surface area contributed by atoms with Crippen molar-refractivity contribution in [1.29, 1.82) is 0 Å². The standard InChI is InChI=1S/C26H26Br2N2/c1-25-12-6-7-13-26(25,2)30(19-8-4-3-5-9-19)23-11-10-17(14-20(23)25)18-15-21(27)24(29)22(28)16-18/h3-5,8-11,14-16H,6-7,12-13,29H2,1-2H3. The van der Waals surface area contributed by atoms with Crippen molar-refractivity contribution >= 4 is 48.9 Å². The Morgan fingerprint density at radius 1 is 0.833 bits per heavy atom. The number of hydrogen-bond donors (Lipinski definition) is 1. The molecule has 5 rings (SSSR count). The topological polar surface area (TPSA) is 29.3 Å². The second-order valence-corrected chi connectivity index (χ2v) is 10.8. The Balaban J connectivity index is 1.71. The van der Waals surface area contributed by atoms with Crippen molar-refractivity contribution in [3.63, 3.8) is 0 Å². The molecule has 0 saturated heterocycles. The molecule has 2 N–H and O–H groups in total. The molecular weight excluding hydrogens is 500 g/mol. The van der Waals surface area contributed by atoms with E-state index in [4.69, 9.17) is 5.73 Å². The molecule has 1 aliphatic carbocycles. The molecule has 0 aromatic heterocycles. The van der Waals surface area contributed by atoms with Crippen molar-refractivity contribution in [3.8, 4) is 11.1 Å². The maximum Gasteiger partial charge on any atom is 0.0603 e. The average Bonchev–Trinajstić information content (AvgIpc) is 2.95. The molecule has 0 spiro atoms. The Morgan fingerprint density at radius 2 is 1.50 bits per heavy atom. The average molecular weight is 526 g/mol.